The first-order valence-corrected chi connectivity index (χ1v) is 16.8. The molecule has 4 rings (SSSR count). The van der Waals surface area contributed by atoms with Crippen molar-refractivity contribution in [1.29, 1.82) is 0 Å². The molecule has 7 nitrogen and oxygen atoms in total. The Morgan fingerprint density at radius 3 is 2.26 bits per heavy atom. The zero-order valence-electron chi connectivity index (χ0n) is 24.1. The van der Waals surface area contributed by atoms with Gasteiger partial charge in [-0.2, -0.15) is 0 Å². The highest BCUT2D eigenvalue weighted by Crippen LogP contribution is 2.31. The van der Waals surface area contributed by atoms with Crippen molar-refractivity contribution in [3.8, 4) is 0 Å². The van der Waals surface area contributed by atoms with Crippen LogP contribution in [0.25, 0.3) is 0 Å². The van der Waals surface area contributed by atoms with Crippen LogP contribution in [-0.4, -0.2) is 43.8 Å². The quantitative estimate of drug-likeness (QED) is 0.257. The zero-order valence-corrected chi connectivity index (χ0v) is 27.3. The van der Waals surface area contributed by atoms with Crippen molar-refractivity contribution in [1.82, 2.24) is 10.2 Å². The van der Waals surface area contributed by atoms with E-state index in [1.54, 1.807) is 44.2 Å². The Kier molecular flexibility index (Phi) is 10.7. The van der Waals surface area contributed by atoms with Crippen molar-refractivity contribution < 1.29 is 18.0 Å². The van der Waals surface area contributed by atoms with Crippen LogP contribution in [-0.2, 0) is 26.2 Å². The van der Waals surface area contributed by atoms with E-state index in [4.69, 9.17) is 11.6 Å². The first-order valence-electron chi connectivity index (χ1n) is 14.2. The predicted molar refractivity (Wildman–Crippen MR) is 171 cm³/mol. The molecule has 224 valence electrons. The Bertz CT molecular complexity index is 1510. The van der Waals surface area contributed by atoms with Crippen LogP contribution in [0.2, 0.25) is 5.02 Å². The minimum absolute atomic E-state index is 0.0582. The average molecular weight is 675 g/mol. The lowest BCUT2D eigenvalue weighted by molar-refractivity contribution is -0.139. The third kappa shape index (κ3) is 7.74. The second-order valence-corrected chi connectivity index (χ2v) is 14.1. The van der Waals surface area contributed by atoms with Crippen LogP contribution in [0.15, 0.2) is 76.1 Å². The number of amides is 2. The van der Waals surface area contributed by atoms with Crippen molar-refractivity contribution in [2.24, 2.45) is 0 Å². The van der Waals surface area contributed by atoms with Gasteiger partial charge >= 0.3 is 0 Å². The Morgan fingerprint density at radius 2 is 1.62 bits per heavy atom. The van der Waals surface area contributed by atoms with Crippen LogP contribution < -0.4 is 9.62 Å². The first-order chi connectivity index (χ1) is 20.0. The topological polar surface area (TPSA) is 86.8 Å². The number of benzene rings is 3. The standard InChI is InChI=1S/C32H37BrClN3O4S/c1-22-12-18-28(19-13-22)42(40,41)37(30-11-7-10-29(34)23(30)2)21-31(38)36(20-25-14-16-26(33)17-15-25)24(3)32(39)35-27-8-5-4-6-9-27/h7,10-19,24,27H,4-6,8-9,20-21H2,1-3H3,(H,35,39)/t24-/m0/s1. The maximum absolute atomic E-state index is 14.2. The van der Waals surface area contributed by atoms with Crippen molar-refractivity contribution in [3.05, 3.63) is 92.9 Å². The second-order valence-electron chi connectivity index (χ2n) is 10.9. The van der Waals surface area contributed by atoms with Crippen LogP contribution in [0.5, 0.6) is 0 Å². The van der Waals surface area contributed by atoms with Gasteiger partial charge in [0.05, 0.1) is 10.6 Å². The molecule has 10 heteroatoms. The molecule has 0 heterocycles. The summed E-state index contributed by atoms with van der Waals surface area (Å²) < 4.78 is 30.1. The SMILES string of the molecule is Cc1ccc(S(=O)(=O)N(CC(=O)N(Cc2ccc(Br)cc2)[C@@H](C)C(=O)NC2CCCCC2)c2cccc(Cl)c2C)cc1. The molecule has 3 aromatic carbocycles. The Morgan fingerprint density at radius 1 is 0.976 bits per heavy atom. The maximum Gasteiger partial charge on any atom is 0.264 e. The fourth-order valence-electron chi connectivity index (χ4n) is 5.15. The van der Waals surface area contributed by atoms with Gasteiger partial charge in [-0.15, -0.1) is 0 Å². The van der Waals surface area contributed by atoms with E-state index in [0.29, 0.717) is 16.3 Å². The predicted octanol–water partition coefficient (Wildman–Crippen LogP) is 6.78. The molecule has 42 heavy (non-hydrogen) atoms. The number of nitrogens with one attached hydrogen (secondary N) is 1. The summed E-state index contributed by atoms with van der Waals surface area (Å²) in [6.45, 7) is 4.92. The largest absolute Gasteiger partial charge is 0.352 e. The Balaban J connectivity index is 1.70. The third-order valence-electron chi connectivity index (χ3n) is 7.78. The van der Waals surface area contributed by atoms with E-state index in [9.17, 15) is 18.0 Å². The summed E-state index contributed by atoms with van der Waals surface area (Å²) in [7, 11) is -4.17. The van der Waals surface area contributed by atoms with Gasteiger partial charge in [0, 0.05) is 22.1 Å². The van der Waals surface area contributed by atoms with Gasteiger partial charge in [0.25, 0.3) is 10.0 Å². The molecular weight excluding hydrogens is 638 g/mol. The number of hydrogen-bond donors (Lipinski definition) is 1. The van der Waals surface area contributed by atoms with E-state index in [-0.39, 0.29) is 23.4 Å². The summed E-state index contributed by atoms with van der Waals surface area (Å²) in [6, 6.07) is 18.2. The monoisotopic (exact) mass is 673 g/mol. The number of carbonyl (C=O) groups excluding carboxylic acids is 2. The number of hydrogen-bond acceptors (Lipinski definition) is 4. The molecule has 1 N–H and O–H groups in total. The lowest BCUT2D eigenvalue weighted by Gasteiger charge is -2.33. The number of aryl methyl sites for hydroxylation is 1. The molecule has 0 unspecified atom stereocenters. The van der Waals surface area contributed by atoms with Gasteiger partial charge in [-0.25, -0.2) is 8.42 Å². The summed E-state index contributed by atoms with van der Waals surface area (Å²) in [6.07, 6.45) is 5.10. The average Bonchev–Trinajstić information content (AvgIpc) is 2.97. The maximum atomic E-state index is 14.2. The molecule has 3 aromatic rings. The van der Waals surface area contributed by atoms with Crippen LogP contribution in [0.1, 0.15) is 55.7 Å². The molecule has 1 fully saturated rings. The molecule has 1 atom stereocenters. The Hall–Kier alpha value is -2.88. The van der Waals surface area contributed by atoms with E-state index in [0.717, 1.165) is 52.0 Å². The van der Waals surface area contributed by atoms with Crippen molar-refractivity contribution in [2.75, 3.05) is 10.8 Å². The molecule has 0 saturated heterocycles. The van der Waals surface area contributed by atoms with Crippen molar-refractivity contribution in [3.63, 3.8) is 0 Å². The van der Waals surface area contributed by atoms with Gasteiger partial charge in [-0.05, 0) is 81.1 Å². The Labute approximate surface area is 262 Å². The fraction of sp³-hybridized carbons (Fsp3) is 0.375. The highest BCUT2D eigenvalue weighted by atomic mass is 79.9. The van der Waals surface area contributed by atoms with Crippen molar-refractivity contribution >= 4 is 55.1 Å². The number of anilines is 1. The number of halogens is 2. The van der Waals surface area contributed by atoms with Gasteiger partial charge in [-0.1, -0.05) is 82.7 Å². The molecule has 0 radical (unpaired) electrons. The van der Waals surface area contributed by atoms with E-state index in [2.05, 4.69) is 21.2 Å². The zero-order chi connectivity index (χ0) is 30.4. The van der Waals surface area contributed by atoms with Gasteiger partial charge in [0.2, 0.25) is 11.8 Å². The summed E-state index contributed by atoms with van der Waals surface area (Å²) in [4.78, 5) is 29.1. The molecular formula is C32H37BrClN3O4S. The molecule has 0 spiro atoms. The molecule has 1 aliphatic rings. The van der Waals surface area contributed by atoms with Crippen LogP contribution in [0, 0.1) is 13.8 Å². The van der Waals surface area contributed by atoms with Gasteiger partial charge in [-0.3, -0.25) is 13.9 Å². The minimum atomic E-state index is -4.17. The lowest BCUT2D eigenvalue weighted by Crippen LogP contribution is -2.53. The van der Waals surface area contributed by atoms with E-state index in [1.807, 2.05) is 31.2 Å². The van der Waals surface area contributed by atoms with E-state index < -0.39 is 28.5 Å². The molecule has 1 saturated carbocycles. The highest BCUT2D eigenvalue weighted by Gasteiger charge is 2.34. The molecule has 2 amide bonds. The molecule has 0 aliphatic heterocycles. The normalized spacial score (nSPS) is 14.7. The third-order valence-corrected chi connectivity index (χ3v) is 10.5. The number of carbonyl (C=O) groups is 2. The van der Waals surface area contributed by atoms with Gasteiger partial charge in [0.15, 0.2) is 0 Å². The number of rotatable bonds is 10. The van der Waals surface area contributed by atoms with Crippen LogP contribution in [0.3, 0.4) is 0 Å². The van der Waals surface area contributed by atoms with Gasteiger partial charge in [0.1, 0.15) is 12.6 Å². The summed E-state index contributed by atoms with van der Waals surface area (Å²) in [5.74, 6) is -0.751. The second kappa shape index (κ2) is 14.1. The minimum Gasteiger partial charge on any atom is -0.352 e. The van der Waals surface area contributed by atoms with Gasteiger partial charge < -0.3 is 10.2 Å². The molecule has 0 aromatic heterocycles. The van der Waals surface area contributed by atoms with Crippen LogP contribution in [0.4, 0.5) is 5.69 Å². The van der Waals surface area contributed by atoms with E-state index >= 15 is 0 Å². The smallest absolute Gasteiger partial charge is 0.264 e. The van der Waals surface area contributed by atoms with Crippen LogP contribution >= 0.6 is 27.5 Å². The molecule has 1 aliphatic carbocycles. The number of nitrogens with zero attached hydrogens (tertiary/aromatic N) is 2. The van der Waals surface area contributed by atoms with E-state index in [1.165, 1.54) is 17.0 Å². The van der Waals surface area contributed by atoms with Crippen molar-refractivity contribution in [2.45, 2.75) is 76.4 Å². The summed E-state index contributed by atoms with van der Waals surface area (Å²) in [5.41, 5.74) is 2.56. The molecule has 0 bridgehead atoms. The summed E-state index contributed by atoms with van der Waals surface area (Å²) >= 11 is 9.84. The summed E-state index contributed by atoms with van der Waals surface area (Å²) in [5, 5.41) is 3.51. The lowest BCUT2D eigenvalue weighted by atomic mass is 9.95. The number of sulfonamides is 1. The highest BCUT2D eigenvalue weighted by molar-refractivity contribution is 9.10. The first kappa shape index (κ1) is 32.0. The fourth-order valence-corrected chi connectivity index (χ4v) is 7.06.